The topological polar surface area (TPSA) is 74.0 Å². The van der Waals surface area contributed by atoms with Gasteiger partial charge >= 0.3 is 0 Å². The zero-order chi connectivity index (χ0) is 15.5. The van der Waals surface area contributed by atoms with E-state index in [2.05, 4.69) is 0 Å². The number of carbonyl (C=O) groups excluding carboxylic acids is 1. The third-order valence-electron chi connectivity index (χ3n) is 4.31. The van der Waals surface area contributed by atoms with Gasteiger partial charge in [-0.3, -0.25) is 4.79 Å². The predicted octanol–water partition coefficient (Wildman–Crippen LogP) is 1.28. The average molecular weight is 306 g/mol. The van der Waals surface area contributed by atoms with Gasteiger partial charge in [-0.1, -0.05) is 0 Å². The summed E-state index contributed by atoms with van der Waals surface area (Å²) in [6.07, 6.45) is 1.92. The highest BCUT2D eigenvalue weighted by Crippen LogP contribution is 2.40. The van der Waals surface area contributed by atoms with Crippen LogP contribution in [0.5, 0.6) is 17.2 Å². The van der Waals surface area contributed by atoms with Crippen LogP contribution in [0.4, 0.5) is 0 Å². The number of nitrogens with zero attached hydrogens (tertiary/aromatic N) is 1. The van der Waals surface area contributed by atoms with Gasteiger partial charge < -0.3 is 24.8 Å². The molecule has 0 saturated carbocycles. The highest BCUT2D eigenvalue weighted by molar-refractivity contribution is 5.95. The van der Waals surface area contributed by atoms with Crippen molar-refractivity contribution < 1.29 is 19.0 Å². The van der Waals surface area contributed by atoms with Gasteiger partial charge in [-0.15, -0.1) is 0 Å². The summed E-state index contributed by atoms with van der Waals surface area (Å²) < 4.78 is 16.5. The second-order valence-corrected chi connectivity index (χ2v) is 5.67. The molecule has 2 N–H and O–H groups in total. The molecule has 6 nitrogen and oxygen atoms in total. The standard InChI is InChI=1S/C16H22N2O4/c1-20-13-8-12(9-14-15(13)22-7-6-21-14)16(19)18-4-2-11(10-17)3-5-18/h8-9,11H,2-7,10,17H2,1H3. The van der Waals surface area contributed by atoms with Crippen LogP contribution in [0.25, 0.3) is 0 Å². The van der Waals surface area contributed by atoms with E-state index in [4.69, 9.17) is 19.9 Å². The van der Waals surface area contributed by atoms with Gasteiger partial charge in [0.15, 0.2) is 11.5 Å². The first kappa shape index (κ1) is 15.0. The third kappa shape index (κ3) is 2.83. The molecule has 0 atom stereocenters. The van der Waals surface area contributed by atoms with Crippen molar-refractivity contribution in [3.63, 3.8) is 0 Å². The molecule has 0 aliphatic carbocycles. The number of nitrogens with two attached hydrogens (primary N) is 1. The maximum Gasteiger partial charge on any atom is 0.254 e. The molecular weight excluding hydrogens is 284 g/mol. The number of fused-ring (bicyclic) bond motifs is 1. The summed E-state index contributed by atoms with van der Waals surface area (Å²) in [5.41, 5.74) is 6.28. The summed E-state index contributed by atoms with van der Waals surface area (Å²) in [5, 5.41) is 0. The predicted molar refractivity (Wildman–Crippen MR) is 81.7 cm³/mol. The van der Waals surface area contributed by atoms with Gasteiger partial charge in [0.05, 0.1) is 7.11 Å². The van der Waals surface area contributed by atoms with Crippen LogP contribution >= 0.6 is 0 Å². The Morgan fingerprint density at radius 3 is 2.73 bits per heavy atom. The lowest BCUT2D eigenvalue weighted by Crippen LogP contribution is -2.40. The van der Waals surface area contributed by atoms with Gasteiger partial charge in [-0.25, -0.2) is 0 Å². The molecule has 0 bridgehead atoms. The molecule has 1 fully saturated rings. The molecule has 1 saturated heterocycles. The summed E-state index contributed by atoms with van der Waals surface area (Å²) in [7, 11) is 1.56. The highest BCUT2D eigenvalue weighted by Gasteiger charge is 2.26. The van der Waals surface area contributed by atoms with Gasteiger partial charge in [0.2, 0.25) is 5.75 Å². The molecule has 3 rings (SSSR count). The Balaban J connectivity index is 1.81. The zero-order valence-corrected chi connectivity index (χ0v) is 12.8. The van der Waals surface area contributed by atoms with Crippen molar-refractivity contribution in [2.24, 2.45) is 11.7 Å². The monoisotopic (exact) mass is 306 g/mol. The quantitative estimate of drug-likeness (QED) is 0.910. The summed E-state index contributed by atoms with van der Waals surface area (Å²) in [6, 6.07) is 3.47. The minimum Gasteiger partial charge on any atom is -0.493 e. The van der Waals surface area contributed by atoms with E-state index >= 15 is 0 Å². The number of hydrogen-bond acceptors (Lipinski definition) is 5. The Morgan fingerprint density at radius 2 is 2.05 bits per heavy atom. The van der Waals surface area contributed by atoms with Crippen molar-refractivity contribution in [2.75, 3.05) is 40.0 Å². The molecule has 22 heavy (non-hydrogen) atoms. The molecule has 1 aromatic rings. The van der Waals surface area contributed by atoms with Crippen LogP contribution in [0.15, 0.2) is 12.1 Å². The van der Waals surface area contributed by atoms with Gasteiger partial charge in [0.1, 0.15) is 13.2 Å². The second kappa shape index (κ2) is 6.44. The molecule has 0 spiro atoms. The molecule has 2 aliphatic rings. The number of likely N-dealkylation sites (tertiary alicyclic amines) is 1. The van der Waals surface area contributed by atoms with E-state index in [1.807, 2.05) is 4.90 Å². The van der Waals surface area contributed by atoms with Crippen molar-refractivity contribution in [3.8, 4) is 17.2 Å². The Labute approximate surface area is 130 Å². The number of ether oxygens (including phenoxy) is 3. The lowest BCUT2D eigenvalue weighted by Gasteiger charge is -2.31. The molecular formula is C16H22N2O4. The van der Waals surface area contributed by atoms with Crippen LogP contribution < -0.4 is 19.9 Å². The first-order chi connectivity index (χ1) is 10.7. The average Bonchev–Trinajstić information content (AvgIpc) is 2.60. The minimum atomic E-state index is 0.00532. The summed E-state index contributed by atoms with van der Waals surface area (Å²) in [5.74, 6) is 2.22. The molecule has 6 heteroatoms. The fourth-order valence-corrected chi connectivity index (χ4v) is 2.95. The van der Waals surface area contributed by atoms with Crippen molar-refractivity contribution in [1.82, 2.24) is 4.90 Å². The number of amides is 1. The van der Waals surface area contributed by atoms with Crippen molar-refractivity contribution in [3.05, 3.63) is 17.7 Å². The molecule has 0 aromatic heterocycles. The lowest BCUT2D eigenvalue weighted by atomic mass is 9.96. The normalized spacial score (nSPS) is 18.2. The number of methoxy groups -OCH3 is 1. The number of carbonyl (C=O) groups is 1. The van der Waals surface area contributed by atoms with Gasteiger partial charge in [0.25, 0.3) is 5.91 Å². The number of benzene rings is 1. The summed E-state index contributed by atoms with van der Waals surface area (Å²) >= 11 is 0. The molecule has 0 radical (unpaired) electrons. The molecule has 1 amide bonds. The highest BCUT2D eigenvalue weighted by atomic mass is 16.6. The van der Waals surface area contributed by atoms with Gasteiger partial charge in [-0.2, -0.15) is 0 Å². The number of piperidine rings is 1. The van der Waals surface area contributed by atoms with E-state index in [1.54, 1.807) is 19.2 Å². The smallest absolute Gasteiger partial charge is 0.254 e. The van der Waals surface area contributed by atoms with Crippen LogP contribution in [0, 0.1) is 5.92 Å². The lowest BCUT2D eigenvalue weighted by molar-refractivity contribution is 0.0691. The first-order valence-corrected chi connectivity index (χ1v) is 7.70. The minimum absolute atomic E-state index is 0.00532. The molecule has 120 valence electrons. The Bertz CT molecular complexity index is 536. The number of rotatable bonds is 3. The van der Waals surface area contributed by atoms with Crippen LogP contribution in [-0.4, -0.2) is 50.8 Å². The van der Waals surface area contributed by atoms with Crippen LogP contribution in [-0.2, 0) is 0 Å². The largest absolute Gasteiger partial charge is 0.493 e. The summed E-state index contributed by atoms with van der Waals surface area (Å²) in [4.78, 5) is 14.6. The molecule has 1 aromatic carbocycles. The second-order valence-electron chi connectivity index (χ2n) is 5.67. The Kier molecular flexibility index (Phi) is 4.38. The van der Waals surface area contributed by atoms with E-state index in [9.17, 15) is 4.79 Å². The van der Waals surface area contributed by atoms with Gasteiger partial charge in [-0.05, 0) is 37.4 Å². The van der Waals surface area contributed by atoms with Crippen molar-refractivity contribution >= 4 is 5.91 Å². The first-order valence-electron chi connectivity index (χ1n) is 7.70. The van der Waals surface area contributed by atoms with E-state index in [1.165, 1.54) is 0 Å². The number of hydrogen-bond donors (Lipinski definition) is 1. The maximum atomic E-state index is 12.7. The van der Waals surface area contributed by atoms with Crippen LogP contribution in [0.1, 0.15) is 23.2 Å². The molecule has 0 unspecified atom stereocenters. The maximum absolute atomic E-state index is 12.7. The van der Waals surface area contributed by atoms with Crippen molar-refractivity contribution in [1.29, 1.82) is 0 Å². The molecule has 2 heterocycles. The van der Waals surface area contributed by atoms with Crippen LogP contribution in [0.3, 0.4) is 0 Å². The van der Waals surface area contributed by atoms with Gasteiger partial charge in [0, 0.05) is 18.7 Å². The van der Waals surface area contributed by atoms with Crippen LogP contribution in [0.2, 0.25) is 0 Å². The summed E-state index contributed by atoms with van der Waals surface area (Å²) in [6.45, 7) is 3.16. The SMILES string of the molecule is COc1cc(C(=O)N2CCC(CN)CC2)cc2c1OCCO2. The van der Waals surface area contributed by atoms with E-state index in [0.717, 1.165) is 25.9 Å². The fourth-order valence-electron chi connectivity index (χ4n) is 2.95. The fraction of sp³-hybridized carbons (Fsp3) is 0.562. The Hall–Kier alpha value is -1.95. The Morgan fingerprint density at radius 1 is 1.32 bits per heavy atom. The van der Waals surface area contributed by atoms with Crippen molar-refractivity contribution in [2.45, 2.75) is 12.8 Å². The third-order valence-corrected chi connectivity index (χ3v) is 4.31. The zero-order valence-electron chi connectivity index (χ0n) is 12.8. The van der Waals surface area contributed by atoms with E-state index < -0.39 is 0 Å². The molecule has 2 aliphatic heterocycles. The van der Waals surface area contributed by atoms with E-state index in [0.29, 0.717) is 48.5 Å². The van der Waals surface area contributed by atoms with E-state index in [-0.39, 0.29) is 5.91 Å².